The Kier molecular flexibility index (Phi) is 5.79. The Hall–Kier alpha value is -3.22. The number of carbonyl (C=O) groups is 1. The van der Waals surface area contributed by atoms with Gasteiger partial charge >= 0.3 is 0 Å². The number of halogens is 1. The van der Waals surface area contributed by atoms with Gasteiger partial charge in [-0.25, -0.2) is 4.98 Å². The number of anilines is 1. The van der Waals surface area contributed by atoms with E-state index in [-0.39, 0.29) is 5.91 Å². The van der Waals surface area contributed by atoms with Gasteiger partial charge in [-0.1, -0.05) is 29.3 Å². The SMILES string of the molecule is Cc1ccc(Oc2cc(C)c(-c3csc(NC(=O)c4ccncc4)n3)c(Cl)c2)cc1. The Morgan fingerprint density at radius 1 is 1.03 bits per heavy atom. The molecule has 0 saturated heterocycles. The van der Waals surface area contributed by atoms with E-state index in [0.717, 1.165) is 16.9 Å². The topological polar surface area (TPSA) is 64.1 Å². The van der Waals surface area contributed by atoms with Crippen LogP contribution in [-0.2, 0) is 0 Å². The normalized spacial score (nSPS) is 10.6. The highest BCUT2D eigenvalue weighted by atomic mass is 35.5. The highest BCUT2D eigenvalue weighted by molar-refractivity contribution is 7.14. The number of hydrogen-bond donors (Lipinski definition) is 1. The van der Waals surface area contributed by atoms with Gasteiger partial charge in [-0.3, -0.25) is 15.1 Å². The van der Waals surface area contributed by atoms with Crippen molar-refractivity contribution in [2.45, 2.75) is 13.8 Å². The monoisotopic (exact) mass is 435 g/mol. The summed E-state index contributed by atoms with van der Waals surface area (Å²) in [5.74, 6) is 1.17. The van der Waals surface area contributed by atoms with Crippen molar-refractivity contribution in [3.63, 3.8) is 0 Å². The molecule has 0 spiro atoms. The zero-order valence-electron chi connectivity index (χ0n) is 16.3. The Labute approximate surface area is 183 Å². The molecule has 1 amide bonds. The predicted molar refractivity (Wildman–Crippen MR) is 121 cm³/mol. The summed E-state index contributed by atoms with van der Waals surface area (Å²) in [6.07, 6.45) is 3.15. The van der Waals surface area contributed by atoms with E-state index in [9.17, 15) is 4.79 Å². The van der Waals surface area contributed by atoms with Gasteiger partial charge in [0.1, 0.15) is 11.5 Å². The van der Waals surface area contributed by atoms with Crippen LogP contribution in [0.3, 0.4) is 0 Å². The fourth-order valence-corrected chi connectivity index (χ4v) is 4.01. The van der Waals surface area contributed by atoms with Crippen LogP contribution >= 0.6 is 22.9 Å². The number of nitrogens with zero attached hydrogens (tertiary/aromatic N) is 2. The van der Waals surface area contributed by atoms with Gasteiger partial charge in [0, 0.05) is 35.0 Å². The van der Waals surface area contributed by atoms with Crippen LogP contribution in [0.25, 0.3) is 11.3 Å². The standard InChI is InChI=1S/C23H18ClN3O2S/c1-14-3-5-17(6-4-14)29-18-11-15(2)21(19(24)12-18)20-13-30-23(26-20)27-22(28)16-7-9-25-10-8-16/h3-13H,1-2H3,(H,26,27,28). The molecule has 30 heavy (non-hydrogen) atoms. The number of pyridine rings is 1. The van der Waals surface area contributed by atoms with Crippen LogP contribution in [0, 0.1) is 13.8 Å². The van der Waals surface area contributed by atoms with Crippen molar-refractivity contribution >= 4 is 34.0 Å². The summed E-state index contributed by atoms with van der Waals surface area (Å²) in [6, 6.07) is 14.8. The third-order valence-corrected chi connectivity index (χ3v) is 5.50. The lowest BCUT2D eigenvalue weighted by atomic mass is 10.1. The maximum absolute atomic E-state index is 12.3. The Morgan fingerprint density at radius 3 is 2.47 bits per heavy atom. The molecule has 7 heteroatoms. The number of hydrogen-bond acceptors (Lipinski definition) is 5. The number of aryl methyl sites for hydroxylation is 2. The molecule has 0 bridgehead atoms. The number of carbonyl (C=O) groups excluding carboxylic acids is 1. The van der Waals surface area contributed by atoms with Crippen LogP contribution in [0.1, 0.15) is 21.5 Å². The molecule has 4 aromatic rings. The van der Waals surface area contributed by atoms with Crippen LogP contribution in [0.4, 0.5) is 5.13 Å². The molecule has 1 N–H and O–H groups in total. The van der Waals surface area contributed by atoms with E-state index in [2.05, 4.69) is 15.3 Å². The van der Waals surface area contributed by atoms with Gasteiger partial charge < -0.3 is 4.74 Å². The van der Waals surface area contributed by atoms with Crippen LogP contribution in [0.15, 0.2) is 66.3 Å². The van der Waals surface area contributed by atoms with E-state index < -0.39 is 0 Å². The van der Waals surface area contributed by atoms with Crippen molar-refractivity contribution in [3.05, 3.63) is 88.0 Å². The molecule has 0 aliphatic rings. The molecule has 0 saturated carbocycles. The molecule has 0 radical (unpaired) electrons. The van der Waals surface area contributed by atoms with Crippen molar-refractivity contribution in [2.24, 2.45) is 0 Å². The lowest BCUT2D eigenvalue weighted by Gasteiger charge is -2.11. The summed E-state index contributed by atoms with van der Waals surface area (Å²) in [5.41, 5.74) is 4.14. The maximum atomic E-state index is 12.3. The quantitative estimate of drug-likeness (QED) is 0.387. The molecular weight excluding hydrogens is 418 g/mol. The fourth-order valence-electron chi connectivity index (χ4n) is 2.96. The van der Waals surface area contributed by atoms with Crippen molar-refractivity contribution < 1.29 is 9.53 Å². The molecule has 0 unspecified atom stereocenters. The predicted octanol–water partition coefficient (Wildman–Crippen LogP) is 6.52. The largest absolute Gasteiger partial charge is 0.457 e. The Bertz CT molecular complexity index is 1170. The van der Waals surface area contributed by atoms with Crippen molar-refractivity contribution in [1.29, 1.82) is 0 Å². The van der Waals surface area contributed by atoms with Gasteiger partial charge in [-0.05, 0) is 49.7 Å². The van der Waals surface area contributed by atoms with Gasteiger partial charge in [0.25, 0.3) is 5.91 Å². The van der Waals surface area contributed by atoms with E-state index in [4.69, 9.17) is 16.3 Å². The lowest BCUT2D eigenvalue weighted by Crippen LogP contribution is -2.11. The molecule has 4 rings (SSSR count). The summed E-state index contributed by atoms with van der Waals surface area (Å²) in [6.45, 7) is 3.99. The van der Waals surface area contributed by atoms with Crippen molar-refractivity contribution in [1.82, 2.24) is 9.97 Å². The number of rotatable bonds is 5. The molecule has 5 nitrogen and oxygen atoms in total. The molecule has 150 valence electrons. The summed E-state index contributed by atoms with van der Waals surface area (Å²) in [7, 11) is 0. The Morgan fingerprint density at radius 2 is 1.77 bits per heavy atom. The van der Waals surface area contributed by atoms with E-state index in [1.54, 1.807) is 30.6 Å². The first-order valence-electron chi connectivity index (χ1n) is 9.21. The van der Waals surface area contributed by atoms with E-state index in [1.165, 1.54) is 16.9 Å². The second-order valence-electron chi connectivity index (χ2n) is 6.74. The first-order chi connectivity index (χ1) is 14.5. The highest BCUT2D eigenvalue weighted by Crippen LogP contribution is 2.37. The van der Waals surface area contributed by atoms with Crippen LogP contribution in [0.5, 0.6) is 11.5 Å². The second-order valence-corrected chi connectivity index (χ2v) is 8.01. The third kappa shape index (κ3) is 4.50. The summed E-state index contributed by atoms with van der Waals surface area (Å²) in [4.78, 5) is 20.8. The fraction of sp³-hybridized carbons (Fsp3) is 0.0870. The average molecular weight is 436 g/mol. The highest BCUT2D eigenvalue weighted by Gasteiger charge is 2.15. The molecule has 0 aliphatic carbocycles. The molecule has 0 aliphatic heterocycles. The van der Waals surface area contributed by atoms with Crippen LogP contribution in [-0.4, -0.2) is 15.9 Å². The van der Waals surface area contributed by atoms with Crippen LogP contribution in [0.2, 0.25) is 5.02 Å². The number of ether oxygens (including phenoxy) is 1. The molecule has 2 aromatic carbocycles. The minimum Gasteiger partial charge on any atom is -0.457 e. The smallest absolute Gasteiger partial charge is 0.257 e. The number of aromatic nitrogens is 2. The van der Waals surface area contributed by atoms with Crippen molar-refractivity contribution in [3.8, 4) is 22.8 Å². The lowest BCUT2D eigenvalue weighted by molar-refractivity contribution is 0.102. The molecular formula is C23H18ClN3O2S. The molecule has 2 heterocycles. The first kappa shape index (κ1) is 20.1. The number of nitrogens with one attached hydrogen (secondary N) is 1. The van der Waals surface area contributed by atoms with Gasteiger partial charge in [-0.15, -0.1) is 11.3 Å². The van der Waals surface area contributed by atoms with Crippen molar-refractivity contribution in [2.75, 3.05) is 5.32 Å². The second kappa shape index (κ2) is 8.65. The van der Waals surface area contributed by atoms with Gasteiger partial charge in [0.15, 0.2) is 5.13 Å². The Balaban J connectivity index is 1.54. The van der Waals surface area contributed by atoms with Crippen LogP contribution < -0.4 is 10.1 Å². The van der Waals surface area contributed by atoms with E-state index in [0.29, 0.717) is 27.2 Å². The number of amides is 1. The van der Waals surface area contributed by atoms with E-state index in [1.807, 2.05) is 49.6 Å². The minimum atomic E-state index is -0.233. The minimum absolute atomic E-state index is 0.233. The summed E-state index contributed by atoms with van der Waals surface area (Å²) < 4.78 is 5.93. The maximum Gasteiger partial charge on any atom is 0.257 e. The molecule has 2 aromatic heterocycles. The van der Waals surface area contributed by atoms with Gasteiger partial charge in [0.05, 0.1) is 10.7 Å². The zero-order chi connectivity index (χ0) is 21.1. The molecule has 0 atom stereocenters. The van der Waals surface area contributed by atoms with E-state index >= 15 is 0 Å². The molecule has 0 fully saturated rings. The third-order valence-electron chi connectivity index (χ3n) is 4.44. The summed E-state index contributed by atoms with van der Waals surface area (Å²) >= 11 is 7.91. The van der Waals surface area contributed by atoms with Gasteiger partial charge in [-0.2, -0.15) is 0 Å². The zero-order valence-corrected chi connectivity index (χ0v) is 17.9. The average Bonchev–Trinajstić information content (AvgIpc) is 3.18. The number of benzene rings is 2. The first-order valence-corrected chi connectivity index (χ1v) is 10.5. The van der Waals surface area contributed by atoms with Gasteiger partial charge in [0.2, 0.25) is 0 Å². The summed E-state index contributed by atoms with van der Waals surface area (Å²) in [5, 5.41) is 5.72. The number of thiazole rings is 1.